The van der Waals surface area contributed by atoms with Gasteiger partial charge in [-0.3, -0.25) is 0 Å². The van der Waals surface area contributed by atoms with Crippen LogP contribution in [0.3, 0.4) is 0 Å². The van der Waals surface area contributed by atoms with Crippen molar-refractivity contribution in [1.82, 2.24) is 4.72 Å². The Morgan fingerprint density at radius 1 is 1.04 bits per heavy atom. The van der Waals surface area contributed by atoms with E-state index in [-0.39, 0.29) is 5.75 Å². The highest BCUT2D eigenvalue weighted by atomic mass is 35.5. The lowest BCUT2D eigenvalue weighted by Gasteiger charge is -2.32. The van der Waals surface area contributed by atoms with E-state index in [9.17, 15) is 8.42 Å². The predicted molar refractivity (Wildman–Crippen MR) is 111 cm³/mol. The summed E-state index contributed by atoms with van der Waals surface area (Å²) in [5.74, 6) is 0.342. The zero-order valence-corrected chi connectivity index (χ0v) is 17.4. The second kappa shape index (κ2) is 7.40. The lowest BCUT2D eigenvalue weighted by atomic mass is 9.73. The SMILES string of the molecule is O=S(=O)(Cc1ccc(Cl)c(Cl)c1)NCCC1CCC2(CC2)c2ccccc21. The van der Waals surface area contributed by atoms with Crippen LogP contribution < -0.4 is 4.72 Å². The molecule has 3 nitrogen and oxygen atoms in total. The van der Waals surface area contributed by atoms with Crippen LogP contribution >= 0.6 is 23.2 Å². The van der Waals surface area contributed by atoms with Gasteiger partial charge in [0.25, 0.3) is 0 Å². The second-order valence-corrected chi connectivity index (χ2v) is 10.4. The van der Waals surface area contributed by atoms with Crippen molar-refractivity contribution in [3.05, 3.63) is 69.2 Å². The molecule has 27 heavy (non-hydrogen) atoms. The molecular formula is C21H23Cl2NO2S. The van der Waals surface area contributed by atoms with Crippen molar-refractivity contribution in [3.8, 4) is 0 Å². The normalized spacial score (nSPS) is 20.4. The molecule has 1 N–H and O–H groups in total. The van der Waals surface area contributed by atoms with Gasteiger partial charge >= 0.3 is 0 Å². The van der Waals surface area contributed by atoms with Gasteiger partial charge in [0.05, 0.1) is 15.8 Å². The Hall–Kier alpha value is -1.07. The molecule has 2 aromatic carbocycles. The van der Waals surface area contributed by atoms with E-state index in [2.05, 4.69) is 29.0 Å². The number of hydrogen-bond acceptors (Lipinski definition) is 2. The number of nitrogens with one attached hydrogen (secondary N) is 1. The Labute approximate surface area is 171 Å². The van der Waals surface area contributed by atoms with Gasteiger partial charge in [0.2, 0.25) is 10.0 Å². The van der Waals surface area contributed by atoms with Crippen LogP contribution in [0.4, 0.5) is 0 Å². The molecule has 0 radical (unpaired) electrons. The van der Waals surface area contributed by atoms with Crippen molar-refractivity contribution in [2.24, 2.45) is 0 Å². The van der Waals surface area contributed by atoms with E-state index in [1.165, 1.54) is 30.4 Å². The first kappa shape index (κ1) is 19.3. The summed E-state index contributed by atoms with van der Waals surface area (Å²) in [4.78, 5) is 0. The fourth-order valence-electron chi connectivity index (χ4n) is 4.34. The third-order valence-corrected chi connectivity index (χ3v) is 8.05. The summed E-state index contributed by atoms with van der Waals surface area (Å²) in [5.41, 5.74) is 3.99. The Morgan fingerprint density at radius 3 is 2.56 bits per heavy atom. The van der Waals surface area contributed by atoms with E-state index < -0.39 is 10.0 Å². The maximum absolute atomic E-state index is 12.4. The summed E-state index contributed by atoms with van der Waals surface area (Å²) < 4.78 is 27.6. The number of sulfonamides is 1. The highest BCUT2D eigenvalue weighted by molar-refractivity contribution is 7.88. The maximum atomic E-state index is 12.4. The van der Waals surface area contributed by atoms with Crippen LogP contribution in [-0.2, 0) is 21.2 Å². The van der Waals surface area contributed by atoms with E-state index in [0.717, 1.165) is 12.8 Å². The molecule has 0 aromatic heterocycles. The summed E-state index contributed by atoms with van der Waals surface area (Å²) >= 11 is 11.9. The minimum absolute atomic E-state index is 0.0890. The lowest BCUT2D eigenvalue weighted by Crippen LogP contribution is -2.28. The molecule has 0 bridgehead atoms. The summed E-state index contributed by atoms with van der Waals surface area (Å²) in [7, 11) is -3.40. The fraction of sp³-hybridized carbons (Fsp3) is 0.429. The van der Waals surface area contributed by atoms with Crippen LogP contribution in [0.5, 0.6) is 0 Å². The number of benzene rings is 2. The van der Waals surface area contributed by atoms with Gasteiger partial charge in [-0.05, 0) is 72.3 Å². The average molecular weight is 424 g/mol. The van der Waals surface area contributed by atoms with E-state index >= 15 is 0 Å². The standard InChI is InChI=1S/C21H23Cl2NO2S/c22-19-6-5-15(13-20(19)23)14-27(25,26)24-12-8-16-7-9-21(10-11-21)18-4-2-1-3-17(16)18/h1-6,13,16,24H,7-12,14H2. The largest absolute Gasteiger partial charge is 0.215 e. The highest BCUT2D eigenvalue weighted by Gasteiger charge is 2.48. The Bertz CT molecular complexity index is 954. The van der Waals surface area contributed by atoms with Crippen LogP contribution in [-0.4, -0.2) is 15.0 Å². The monoisotopic (exact) mass is 423 g/mol. The molecule has 6 heteroatoms. The van der Waals surface area contributed by atoms with Gasteiger partial charge < -0.3 is 0 Å². The van der Waals surface area contributed by atoms with Crippen LogP contribution in [0, 0.1) is 0 Å². The number of fused-ring (bicyclic) bond motifs is 2. The predicted octanol–water partition coefficient (Wildman–Crippen LogP) is 5.41. The van der Waals surface area contributed by atoms with Crippen molar-refractivity contribution in [2.75, 3.05) is 6.54 Å². The lowest BCUT2D eigenvalue weighted by molar-refractivity contribution is 0.450. The van der Waals surface area contributed by atoms with Crippen molar-refractivity contribution in [3.63, 3.8) is 0 Å². The smallest absolute Gasteiger partial charge is 0.215 e. The molecule has 2 aromatic rings. The van der Waals surface area contributed by atoms with Crippen molar-refractivity contribution < 1.29 is 8.42 Å². The summed E-state index contributed by atoms with van der Waals surface area (Å²) in [6, 6.07) is 13.6. The molecule has 1 fully saturated rings. The molecule has 0 heterocycles. The second-order valence-electron chi connectivity index (χ2n) is 7.79. The van der Waals surface area contributed by atoms with Crippen molar-refractivity contribution >= 4 is 33.2 Å². The van der Waals surface area contributed by atoms with Gasteiger partial charge in [-0.2, -0.15) is 0 Å². The molecule has 2 aliphatic carbocycles. The van der Waals surface area contributed by atoms with Crippen LogP contribution in [0.15, 0.2) is 42.5 Å². The zero-order valence-electron chi connectivity index (χ0n) is 15.0. The molecule has 1 atom stereocenters. The molecule has 1 unspecified atom stereocenters. The van der Waals surface area contributed by atoms with Crippen LogP contribution in [0.1, 0.15) is 54.7 Å². The van der Waals surface area contributed by atoms with Gasteiger partial charge in [-0.25, -0.2) is 13.1 Å². The van der Waals surface area contributed by atoms with E-state index in [1.807, 2.05) is 0 Å². The van der Waals surface area contributed by atoms with Crippen LogP contribution in [0.25, 0.3) is 0 Å². The molecule has 144 valence electrons. The first-order valence-electron chi connectivity index (χ1n) is 9.39. The van der Waals surface area contributed by atoms with Gasteiger partial charge in [0.1, 0.15) is 0 Å². The molecule has 4 rings (SSSR count). The summed E-state index contributed by atoms with van der Waals surface area (Å²) in [6.45, 7) is 0.454. The van der Waals surface area contributed by atoms with Gasteiger partial charge in [0.15, 0.2) is 0 Å². The molecule has 2 aliphatic rings. The molecule has 0 saturated heterocycles. The van der Waals surface area contributed by atoms with E-state index in [1.54, 1.807) is 18.2 Å². The third kappa shape index (κ3) is 4.19. The summed E-state index contributed by atoms with van der Waals surface area (Å²) in [6.07, 6.45) is 5.80. The number of rotatable bonds is 6. The molecular weight excluding hydrogens is 401 g/mol. The van der Waals surface area contributed by atoms with Crippen molar-refractivity contribution in [1.29, 1.82) is 0 Å². The fourth-order valence-corrected chi connectivity index (χ4v) is 5.81. The molecule has 1 saturated carbocycles. The molecule has 1 spiro atoms. The molecule has 0 aliphatic heterocycles. The zero-order chi connectivity index (χ0) is 19.1. The number of halogens is 2. The van der Waals surface area contributed by atoms with E-state index in [0.29, 0.717) is 33.5 Å². The number of hydrogen-bond donors (Lipinski definition) is 1. The minimum atomic E-state index is -3.40. The first-order chi connectivity index (χ1) is 12.9. The average Bonchev–Trinajstić information content (AvgIpc) is 3.41. The van der Waals surface area contributed by atoms with E-state index in [4.69, 9.17) is 23.2 Å². The van der Waals surface area contributed by atoms with Crippen molar-refractivity contribution in [2.45, 2.75) is 49.2 Å². The third-order valence-electron chi connectivity index (χ3n) is 5.95. The van der Waals surface area contributed by atoms with Gasteiger partial charge in [0, 0.05) is 6.54 Å². The van der Waals surface area contributed by atoms with Gasteiger partial charge in [-0.15, -0.1) is 0 Å². The summed E-state index contributed by atoms with van der Waals surface area (Å²) in [5, 5.41) is 0.798. The quantitative estimate of drug-likeness (QED) is 0.674. The Balaban J connectivity index is 1.37. The first-order valence-corrected chi connectivity index (χ1v) is 11.8. The topological polar surface area (TPSA) is 46.2 Å². The Morgan fingerprint density at radius 2 is 1.81 bits per heavy atom. The van der Waals surface area contributed by atoms with Gasteiger partial charge in [-0.1, -0.05) is 53.5 Å². The molecule has 0 amide bonds. The maximum Gasteiger partial charge on any atom is 0.215 e. The highest BCUT2D eigenvalue weighted by Crippen LogP contribution is 2.58. The van der Waals surface area contributed by atoms with Crippen LogP contribution in [0.2, 0.25) is 10.0 Å². The Kier molecular flexibility index (Phi) is 5.28. The minimum Gasteiger partial charge on any atom is -0.215 e.